The lowest BCUT2D eigenvalue weighted by atomic mass is 9.84. The van der Waals surface area contributed by atoms with Gasteiger partial charge in [0.2, 0.25) is 0 Å². The van der Waals surface area contributed by atoms with Crippen molar-refractivity contribution in [1.82, 2.24) is 4.90 Å². The first-order chi connectivity index (χ1) is 12.0. The van der Waals surface area contributed by atoms with Gasteiger partial charge in [0.15, 0.2) is 5.78 Å². The number of allylic oxidation sites excluding steroid dienone is 1. The average molecular weight is 339 g/mol. The number of benzene rings is 2. The molecule has 1 fully saturated rings. The van der Waals surface area contributed by atoms with Crippen molar-refractivity contribution in [2.24, 2.45) is 0 Å². The molecule has 4 heteroatoms. The molecule has 1 N–H and O–H groups in total. The molecule has 3 rings (SSSR count). The van der Waals surface area contributed by atoms with E-state index in [1.54, 1.807) is 6.92 Å². The van der Waals surface area contributed by atoms with Crippen LogP contribution in [0.15, 0.2) is 66.4 Å². The largest absolute Gasteiger partial charge is 0.385 e. The van der Waals surface area contributed by atoms with Crippen LogP contribution in [0.3, 0.4) is 0 Å². The summed E-state index contributed by atoms with van der Waals surface area (Å²) in [5.74, 6) is -0.460. The molecule has 0 radical (unpaired) electrons. The van der Waals surface area contributed by atoms with Crippen LogP contribution < -0.4 is 0 Å². The third kappa shape index (κ3) is 3.97. The van der Waals surface area contributed by atoms with E-state index >= 15 is 0 Å². The van der Waals surface area contributed by atoms with E-state index in [-0.39, 0.29) is 11.6 Å². The molecular formula is C21H22FNO2. The van der Waals surface area contributed by atoms with Gasteiger partial charge in [0.25, 0.3) is 0 Å². The van der Waals surface area contributed by atoms with Crippen LogP contribution in [0.2, 0.25) is 0 Å². The minimum atomic E-state index is -0.805. The summed E-state index contributed by atoms with van der Waals surface area (Å²) in [4.78, 5) is 14.5. The van der Waals surface area contributed by atoms with E-state index in [0.717, 1.165) is 5.56 Å². The molecule has 130 valence electrons. The van der Waals surface area contributed by atoms with Crippen LogP contribution in [0.5, 0.6) is 0 Å². The standard InChI is InChI=1S/C21H22FNO2/c1-16(20(24)17-7-9-19(22)10-8-17)15-23-13-11-21(25,12-14-23)18-5-3-2-4-6-18/h2-10,15,25H,11-14H2,1H3. The number of nitrogens with zero attached hydrogens (tertiary/aromatic N) is 1. The molecule has 1 heterocycles. The Morgan fingerprint density at radius 3 is 2.28 bits per heavy atom. The van der Waals surface area contributed by atoms with E-state index in [9.17, 15) is 14.3 Å². The summed E-state index contributed by atoms with van der Waals surface area (Å²) in [6.07, 6.45) is 3.08. The minimum Gasteiger partial charge on any atom is -0.385 e. The molecule has 0 amide bonds. The number of hydrogen-bond donors (Lipinski definition) is 1. The normalized spacial score (nSPS) is 17.4. The summed E-state index contributed by atoms with van der Waals surface area (Å²) in [7, 11) is 0. The monoisotopic (exact) mass is 339 g/mol. The number of halogens is 1. The second-order valence-electron chi connectivity index (χ2n) is 6.58. The Labute approximate surface area is 147 Å². The molecule has 3 nitrogen and oxygen atoms in total. The van der Waals surface area contributed by atoms with Gasteiger partial charge in [0, 0.05) is 30.4 Å². The fourth-order valence-electron chi connectivity index (χ4n) is 3.22. The number of piperidine rings is 1. The molecule has 1 aliphatic rings. The van der Waals surface area contributed by atoms with Crippen molar-refractivity contribution in [2.45, 2.75) is 25.4 Å². The molecule has 0 aliphatic carbocycles. The lowest BCUT2D eigenvalue weighted by Crippen LogP contribution is -2.40. The molecule has 0 aromatic heterocycles. The molecule has 0 unspecified atom stereocenters. The van der Waals surface area contributed by atoms with Crippen molar-refractivity contribution < 1.29 is 14.3 Å². The maximum Gasteiger partial charge on any atom is 0.190 e. The van der Waals surface area contributed by atoms with Crippen LogP contribution in [0, 0.1) is 5.82 Å². The Morgan fingerprint density at radius 2 is 1.68 bits per heavy atom. The molecule has 25 heavy (non-hydrogen) atoms. The lowest BCUT2D eigenvalue weighted by Gasteiger charge is -2.38. The summed E-state index contributed by atoms with van der Waals surface area (Å²) < 4.78 is 13.0. The SMILES string of the molecule is CC(=CN1CCC(O)(c2ccccc2)CC1)C(=O)c1ccc(F)cc1. The van der Waals surface area contributed by atoms with Gasteiger partial charge in [-0.3, -0.25) is 4.79 Å². The Balaban J connectivity index is 1.65. The zero-order valence-electron chi connectivity index (χ0n) is 14.3. The number of carbonyl (C=O) groups excluding carboxylic acids is 1. The van der Waals surface area contributed by atoms with Crippen molar-refractivity contribution in [3.8, 4) is 0 Å². The molecule has 1 aliphatic heterocycles. The third-order valence-electron chi connectivity index (χ3n) is 4.78. The Kier molecular flexibility index (Phi) is 5.00. The predicted molar refractivity (Wildman–Crippen MR) is 95.6 cm³/mol. The topological polar surface area (TPSA) is 40.5 Å². The van der Waals surface area contributed by atoms with Crippen molar-refractivity contribution in [2.75, 3.05) is 13.1 Å². The Bertz CT molecular complexity index is 760. The van der Waals surface area contributed by atoms with E-state index < -0.39 is 5.60 Å². The van der Waals surface area contributed by atoms with Crippen LogP contribution in [0.25, 0.3) is 0 Å². The zero-order valence-corrected chi connectivity index (χ0v) is 14.3. The molecule has 2 aromatic carbocycles. The fourth-order valence-corrected chi connectivity index (χ4v) is 3.22. The van der Waals surface area contributed by atoms with Crippen LogP contribution >= 0.6 is 0 Å². The van der Waals surface area contributed by atoms with E-state index in [4.69, 9.17) is 0 Å². The molecule has 0 spiro atoms. The van der Waals surface area contributed by atoms with Gasteiger partial charge in [-0.05, 0) is 49.6 Å². The molecule has 0 saturated carbocycles. The quantitative estimate of drug-likeness (QED) is 0.678. The first-order valence-corrected chi connectivity index (χ1v) is 8.49. The summed E-state index contributed by atoms with van der Waals surface area (Å²) in [5, 5.41) is 10.9. The summed E-state index contributed by atoms with van der Waals surface area (Å²) >= 11 is 0. The minimum absolute atomic E-state index is 0.108. The van der Waals surface area contributed by atoms with Crippen molar-refractivity contribution in [3.05, 3.63) is 83.3 Å². The number of rotatable bonds is 4. The van der Waals surface area contributed by atoms with Crippen LogP contribution in [-0.4, -0.2) is 28.9 Å². The van der Waals surface area contributed by atoms with Crippen LogP contribution in [-0.2, 0) is 5.60 Å². The first kappa shape index (κ1) is 17.4. The maximum atomic E-state index is 13.0. The number of carbonyl (C=O) groups is 1. The maximum absolute atomic E-state index is 13.0. The molecule has 0 bridgehead atoms. The Hall–Kier alpha value is -2.46. The number of hydrogen-bond acceptors (Lipinski definition) is 3. The third-order valence-corrected chi connectivity index (χ3v) is 4.78. The lowest BCUT2D eigenvalue weighted by molar-refractivity contribution is -0.0162. The van der Waals surface area contributed by atoms with E-state index in [2.05, 4.69) is 4.90 Å². The predicted octanol–water partition coefficient (Wildman–Crippen LogP) is 3.90. The van der Waals surface area contributed by atoms with Gasteiger partial charge >= 0.3 is 0 Å². The highest BCUT2D eigenvalue weighted by Gasteiger charge is 2.33. The van der Waals surface area contributed by atoms with Gasteiger partial charge in [0.05, 0.1) is 5.60 Å². The van der Waals surface area contributed by atoms with Crippen LogP contribution in [0.1, 0.15) is 35.7 Å². The van der Waals surface area contributed by atoms with Gasteiger partial charge in [-0.1, -0.05) is 30.3 Å². The van der Waals surface area contributed by atoms with Gasteiger partial charge in [-0.2, -0.15) is 0 Å². The van der Waals surface area contributed by atoms with E-state index in [0.29, 0.717) is 37.1 Å². The van der Waals surface area contributed by atoms with E-state index in [1.807, 2.05) is 36.5 Å². The number of Topliss-reactive ketones (excluding diaryl/α,β-unsaturated/α-hetero) is 1. The molecule has 2 aromatic rings. The molecule has 1 saturated heterocycles. The average Bonchev–Trinajstić information content (AvgIpc) is 2.64. The van der Waals surface area contributed by atoms with Gasteiger partial charge in [0.1, 0.15) is 5.82 Å². The van der Waals surface area contributed by atoms with Crippen molar-refractivity contribution >= 4 is 5.78 Å². The van der Waals surface area contributed by atoms with Gasteiger partial charge in [-0.15, -0.1) is 0 Å². The summed E-state index contributed by atoms with van der Waals surface area (Å²) in [5.41, 5.74) is 1.22. The second kappa shape index (κ2) is 7.19. The number of ketones is 1. The fraction of sp³-hybridized carbons (Fsp3) is 0.286. The summed E-state index contributed by atoms with van der Waals surface area (Å²) in [6.45, 7) is 3.13. The van der Waals surface area contributed by atoms with Crippen molar-refractivity contribution in [1.29, 1.82) is 0 Å². The highest BCUT2D eigenvalue weighted by atomic mass is 19.1. The Morgan fingerprint density at radius 1 is 1.08 bits per heavy atom. The first-order valence-electron chi connectivity index (χ1n) is 8.49. The highest BCUT2D eigenvalue weighted by molar-refractivity contribution is 6.08. The number of likely N-dealkylation sites (tertiary alicyclic amines) is 1. The van der Waals surface area contributed by atoms with E-state index in [1.165, 1.54) is 24.3 Å². The molecule has 0 atom stereocenters. The summed E-state index contributed by atoms with van der Waals surface area (Å²) in [6, 6.07) is 15.3. The zero-order chi connectivity index (χ0) is 17.9. The smallest absolute Gasteiger partial charge is 0.190 e. The van der Waals surface area contributed by atoms with Crippen LogP contribution in [0.4, 0.5) is 4.39 Å². The van der Waals surface area contributed by atoms with Crippen molar-refractivity contribution in [3.63, 3.8) is 0 Å². The second-order valence-corrected chi connectivity index (χ2v) is 6.58. The molecular weight excluding hydrogens is 317 g/mol. The number of aliphatic hydroxyl groups is 1. The highest BCUT2D eigenvalue weighted by Crippen LogP contribution is 2.32. The van der Waals surface area contributed by atoms with Gasteiger partial charge in [-0.25, -0.2) is 4.39 Å². The van der Waals surface area contributed by atoms with Gasteiger partial charge < -0.3 is 10.0 Å².